The number of H-pyrrole nitrogens is 1. The van der Waals surface area contributed by atoms with Crippen molar-refractivity contribution in [3.8, 4) is 0 Å². The van der Waals surface area contributed by atoms with Crippen molar-refractivity contribution in [1.82, 2.24) is 14.9 Å². The number of carbonyl (C=O) groups is 1. The Bertz CT molecular complexity index is 746. The SMILES string of the molecule is Cc1noc(C)c1C1CC(=O)Nc2c1c(=O)[nH]n2C(C)C. The molecule has 1 atom stereocenters. The van der Waals surface area contributed by atoms with Crippen LogP contribution in [0.1, 0.15) is 54.8 Å². The summed E-state index contributed by atoms with van der Waals surface area (Å²) in [5.74, 6) is 0.774. The zero-order valence-corrected chi connectivity index (χ0v) is 12.5. The van der Waals surface area contributed by atoms with Gasteiger partial charge in [-0.05, 0) is 27.7 Å². The molecule has 0 aliphatic carbocycles. The molecular formula is C14H18N4O3. The van der Waals surface area contributed by atoms with Crippen molar-refractivity contribution in [1.29, 1.82) is 0 Å². The molecular weight excluding hydrogens is 272 g/mol. The molecule has 0 bridgehead atoms. The Morgan fingerprint density at radius 1 is 1.29 bits per heavy atom. The molecule has 0 spiro atoms. The molecule has 0 fully saturated rings. The molecule has 7 heteroatoms. The van der Waals surface area contributed by atoms with E-state index in [-0.39, 0.29) is 29.8 Å². The van der Waals surface area contributed by atoms with Crippen molar-refractivity contribution in [2.24, 2.45) is 0 Å². The first-order valence-corrected chi connectivity index (χ1v) is 6.97. The van der Waals surface area contributed by atoms with E-state index in [9.17, 15) is 9.59 Å². The zero-order valence-electron chi connectivity index (χ0n) is 12.5. The molecule has 1 aliphatic heterocycles. The van der Waals surface area contributed by atoms with E-state index in [2.05, 4.69) is 15.6 Å². The van der Waals surface area contributed by atoms with Gasteiger partial charge in [0, 0.05) is 23.9 Å². The van der Waals surface area contributed by atoms with Crippen LogP contribution in [-0.2, 0) is 4.79 Å². The van der Waals surface area contributed by atoms with Gasteiger partial charge >= 0.3 is 0 Å². The Balaban J connectivity index is 2.24. The van der Waals surface area contributed by atoms with Crippen LogP contribution in [0.5, 0.6) is 0 Å². The molecule has 0 aromatic carbocycles. The van der Waals surface area contributed by atoms with Crippen molar-refractivity contribution < 1.29 is 9.32 Å². The molecule has 3 heterocycles. The minimum absolute atomic E-state index is 0.0465. The lowest BCUT2D eigenvalue weighted by molar-refractivity contribution is -0.116. The van der Waals surface area contributed by atoms with Crippen LogP contribution in [0.25, 0.3) is 0 Å². The third-order valence-corrected chi connectivity index (χ3v) is 3.91. The molecule has 1 aliphatic rings. The molecule has 2 aromatic heterocycles. The van der Waals surface area contributed by atoms with Gasteiger partial charge in [0.25, 0.3) is 5.56 Å². The lowest BCUT2D eigenvalue weighted by Gasteiger charge is -2.23. The fourth-order valence-corrected chi connectivity index (χ4v) is 3.01. The van der Waals surface area contributed by atoms with Gasteiger partial charge in [0.15, 0.2) is 0 Å². The third-order valence-electron chi connectivity index (χ3n) is 3.91. The summed E-state index contributed by atoms with van der Waals surface area (Å²) in [7, 11) is 0. The van der Waals surface area contributed by atoms with Gasteiger partial charge in [0.1, 0.15) is 11.6 Å². The molecule has 2 N–H and O–H groups in total. The topological polar surface area (TPSA) is 92.9 Å². The fraction of sp³-hybridized carbons (Fsp3) is 0.500. The summed E-state index contributed by atoms with van der Waals surface area (Å²) < 4.78 is 6.89. The Morgan fingerprint density at radius 3 is 2.57 bits per heavy atom. The average Bonchev–Trinajstić information content (AvgIpc) is 2.90. The second-order valence-corrected chi connectivity index (χ2v) is 5.71. The zero-order chi connectivity index (χ0) is 15.3. The summed E-state index contributed by atoms with van der Waals surface area (Å²) in [4.78, 5) is 24.4. The van der Waals surface area contributed by atoms with Gasteiger partial charge in [-0.3, -0.25) is 19.4 Å². The van der Waals surface area contributed by atoms with Crippen molar-refractivity contribution >= 4 is 11.7 Å². The molecule has 0 saturated heterocycles. The maximum absolute atomic E-state index is 12.3. The normalized spacial score (nSPS) is 18.0. The summed E-state index contributed by atoms with van der Waals surface area (Å²) in [6.07, 6.45) is 0.223. The number of fused-ring (bicyclic) bond motifs is 1. The number of amides is 1. The first kappa shape index (κ1) is 13.7. The fourth-order valence-electron chi connectivity index (χ4n) is 3.01. The number of carbonyl (C=O) groups excluding carboxylic acids is 1. The smallest absolute Gasteiger partial charge is 0.270 e. The second kappa shape index (κ2) is 4.61. The predicted molar refractivity (Wildman–Crippen MR) is 76.5 cm³/mol. The highest BCUT2D eigenvalue weighted by Gasteiger charge is 2.35. The summed E-state index contributed by atoms with van der Waals surface area (Å²) >= 11 is 0. The lowest BCUT2D eigenvalue weighted by Crippen LogP contribution is -2.27. The summed E-state index contributed by atoms with van der Waals surface area (Å²) in [5.41, 5.74) is 1.95. The Kier molecular flexibility index (Phi) is 3.00. The monoisotopic (exact) mass is 290 g/mol. The van der Waals surface area contributed by atoms with Crippen LogP contribution in [0.2, 0.25) is 0 Å². The van der Waals surface area contributed by atoms with Crippen LogP contribution in [0.4, 0.5) is 5.82 Å². The highest BCUT2D eigenvalue weighted by molar-refractivity contribution is 5.94. The van der Waals surface area contributed by atoms with E-state index in [0.717, 1.165) is 11.3 Å². The van der Waals surface area contributed by atoms with Gasteiger partial charge in [0.2, 0.25) is 5.91 Å². The maximum atomic E-state index is 12.3. The van der Waals surface area contributed by atoms with Gasteiger partial charge in [0.05, 0.1) is 11.3 Å². The van der Waals surface area contributed by atoms with E-state index in [0.29, 0.717) is 17.1 Å². The van der Waals surface area contributed by atoms with E-state index in [1.54, 1.807) is 11.6 Å². The van der Waals surface area contributed by atoms with Crippen molar-refractivity contribution in [2.45, 2.75) is 46.1 Å². The number of rotatable bonds is 2. The largest absolute Gasteiger partial charge is 0.361 e. The molecule has 112 valence electrons. The average molecular weight is 290 g/mol. The van der Waals surface area contributed by atoms with Gasteiger partial charge < -0.3 is 9.84 Å². The quantitative estimate of drug-likeness (QED) is 0.882. The predicted octanol–water partition coefficient (Wildman–Crippen LogP) is 1.84. The van der Waals surface area contributed by atoms with Gasteiger partial charge in [-0.15, -0.1) is 0 Å². The van der Waals surface area contributed by atoms with Crippen LogP contribution >= 0.6 is 0 Å². The number of nitrogens with zero attached hydrogens (tertiary/aromatic N) is 2. The second-order valence-electron chi connectivity index (χ2n) is 5.71. The van der Waals surface area contributed by atoms with Crippen LogP contribution in [0.15, 0.2) is 9.32 Å². The van der Waals surface area contributed by atoms with Crippen molar-refractivity contribution in [2.75, 3.05) is 5.32 Å². The first-order chi connectivity index (χ1) is 9.90. The summed E-state index contributed by atoms with van der Waals surface area (Å²) in [6.45, 7) is 7.52. The number of nitrogens with one attached hydrogen (secondary N) is 2. The minimum Gasteiger partial charge on any atom is -0.361 e. The minimum atomic E-state index is -0.316. The van der Waals surface area contributed by atoms with Crippen LogP contribution in [0.3, 0.4) is 0 Å². The summed E-state index contributed by atoms with van der Waals surface area (Å²) in [5, 5.41) is 9.54. The Morgan fingerprint density at radius 2 is 2.00 bits per heavy atom. The molecule has 1 unspecified atom stereocenters. The molecule has 21 heavy (non-hydrogen) atoms. The van der Waals surface area contributed by atoms with Crippen LogP contribution < -0.4 is 10.9 Å². The van der Waals surface area contributed by atoms with Crippen LogP contribution in [0, 0.1) is 13.8 Å². The highest BCUT2D eigenvalue weighted by Crippen LogP contribution is 2.38. The molecule has 3 rings (SSSR count). The first-order valence-electron chi connectivity index (χ1n) is 6.97. The number of anilines is 1. The number of aromatic amines is 1. The number of hydrogen-bond donors (Lipinski definition) is 2. The van der Waals surface area contributed by atoms with E-state index in [1.807, 2.05) is 20.8 Å². The number of aromatic nitrogens is 3. The summed E-state index contributed by atoms with van der Waals surface area (Å²) in [6, 6.07) is 0.0465. The molecule has 2 aromatic rings. The van der Waals surface area contributed by atoms with E-state index >= 15 is 0 Å². The van der Waals surface area contributed by atoms with Crippen LogP contribution in [-0.4, -0.2) is 20.8 Å². The standard InChI is InChI=1S/C14H18N4O3/c1-6(2)18-13-12(14(20)16-18)9(5-10(19)15-13)11-7(3)17-21-8(11)4/h6,9H,5H2,1-4H3,(H,15,19)(H,16,20). The van der Waals surface area contributed by atoms with Crippen molar-refractivity contribution in [3.05, 3.63) is 32.9 Å². The Hall–Kier alpha value is -2.31. The van der Waals surface area contributed by atoms with Gasteiger partial charge in [-0.2, -0.15) is 0 Å². The van der Waals surface area contributed by atoms with E-state index < -0.39 is 0 Å². The van der Waals surface area contributed by atoms with E-state index in [4.69, 9.17) is 4.52 Å². The van der Waals surface area contributed by atoms with Gasteiger partial charge in [-0.1, -0.05) is 5.16 Å². The maximum Gasteiger partial charge on any atom is 0.270 e. The number of aryl methyl sites for hydroxylation is 2. The molecule has 7 nitrogen and oxygen atoms in total. The molecule has 0 saturated carbocycles. The number of hydrogen-bond acceptors (Lipinski definition) is 4. The molecule has 1 amide bonds. The third kappa shape index (κ3) is 2.00. The van der Waals surface area contributed by atoms with Gasteiger partial charge in [-0.25, -0.2) is 0 Å². The Labute approximate surface area is 121 Å². The van der Waals surface area contributed by atoms with Crippen molar-refractivity contribution in [3.63, 3.8) is 0 Å². The highest BCUT2D eigenvalue weighted by atomic mass is 16.5. The lowest BCUT2D eigenvalue weighted by atomic mass is 9.86. The van der Waals surface area contributed by atoms with E-state index in [1.165, 1.54) is 0 Å². The molecule has 0 radical (unpaired) electrons.